The van der Waals surface area contributed by atoms with Crippen LogP contribution < -0.4 is 11.1 Å². The van der Waals surface area contributed by atoms with Gasteiger partial charge in [0, 0.05) is 12.2 Å². The Labute approximate surface area is 119 Å². The van der Waals surface area contributed by atoms with Gasteiger partial charge in [0.15, 0.2) is 0 Å². The van der Waals surface area contributed by atoms with E-state index in [0.29, 0.717) is 4.99 Å². The minimum Gasteiger partial charge on any atom is -0.389 e. The smallest absolute Gasteiger partial charge is 0.136 e. The summed E-state index contributed by atoms with van der Waals surface area (Å²) in [5.41, 5.74) is 7.49. The van der Waals surface area contributed by atoms with E-state index in [1.54, 1.807) is 0 Å². The summed E-state index contributed by atoms with van der Waals surface area (Å²) >= 11 is 6.92. The van der Waals surface area contributed by atoms with Crippen molar-refractivity contribution in [2.45, 2.75) is 26.2 Å². The lowest BCUT2D eigenvalue weighted by Crippen LogP contribution is -2.15. The fourth-order valence-electron chi connectivity index (χ4n) is 1.65. The number of nitrogens with zero attached hydrogens (tertiary/aromatic N) is 1. The Morgan fingerprint density at radius 3 is 2.83 bits per heavy atom. The van der Waals surface area contributed by atoms with Gasteiger partial charge in [-0.3, -0.25) is 0 Å². The number of anilines is 1. The number of unbranched alkanes of at least 4 members (excludes halogenated alkanes) is 2. The molecule has 100 valence electrons. The van der Waals surface area contributed by atoms with Gasteiger partial charge in [0.2, 0.25) is 0 Å². The van der Waals surface area contributed by atoms with E-state index in [2.05, 4.69) is 16.6 Å². The van der Waals surface area contributed by atoms with Crippen molar-refractivity contribution in [1.29, 1.82) is 0 Å². The second kappa shape index (κ2) is 8.32. The van der Waals surface area contributed by atoms with Gasteiger partial charge in [0.05, 0.1) is 5.56 Å². The summed E-state index contributed by atoms with van der Waals surface area (Å²) in [6, 6.07) is 3.86. The molecule has 1 aromatic rings. The highest BCUT2D eigenvalue weighted by molar-refractivity contribution is 7.98. The molecule has 0 amide bonds. The van der Waals surface area contributed by atoms with Crippen LogP contribution in [0.25, 0.3) is 0 Å². The zero-order valence-corrected chi connectivity index (χ0v) is 12.7. The summed E-state index contributed by atoms with van der Waals surface area (Å²) in [6.45, 7) is 2.88. The van der Waals surface area contributed by atoms with E-state index in [0.717, 1.165) is 30.0 Å². The standard InChI is InChI=1S/C13H21N3S2/c1-10-6-7-11(12(14)17)13(16-10)15-8-4-3-5-9-18-2/h6-7H,3-5,8-9H2,1-2H3,(H2,14,17)(H,15,16). The number of pyridine rings is 1. The summed E-state index contributed by atoms with van der Waals surface area (Å²) in [5, 5.41) is 3.33. The van der Waals surface area contributed by atoms with Crippen molar-refractivity contribution in [3.05, 3.63) is 23.4 Å². The van der Waals surface area contributed by atoms with Gasteiger partial charge in [-0.1, -0.05) is 18.6 Å². The average molecular weight is 283 g/mol. The third-order valence-electron chi connectivity index (χ3n) is 2.62. The molecule has 5 heteroatoms. The maximum atomic E-state index is 5.68. The maximum absolute atomic E-state index is 5.68. The number of aryl methyl sites for hydroxylation is 1. The number of nitrogens with two attached hydrogens (primary N) is 1. The van der Waals surface area contributed by atoms with Crippen LogP contribution in [0.3, 0.4) is 0 Å². The predicted octanol–water partition coefficient (Wildman–Crippen LogP) is 2.97. The summed E-state index contributed by atoms with van der Waals surface area (Å²) in [4.78, 5) is 4.84. The third kappa shape index (κ3) is 5.23. The molecule has 0 atom stereocenters. The lowest BCUT2D eigenvalue weighted by Gasteiger charge is -2.10. The number of aromatic nitrogens is 1. The molecule has 0 aliphatic carbocycles. The molecule has 0 saturated heterocycles. The van der Waals surface area contributed by atoms with E-state index < -0.39 is 0 Å². The van der Waals surface area contributed by atoms with Crippen molar-refractivity contribution in [3.8, 4) is 0 Å². The molecule has 0 bridgehead atoms. The van der Waals surface area contributed by atoms with E-state index in [-0.39, 0.29) is 0 Å². The zero-order chi connectivity index (χ0) is 13.4. The van der Waals surface area contributed by atoms with Crippen LogP contribution in [0.15, 0.2) is 12.1 Å². The highest BCUT2D eigenvalue weighted by Gasteiger charge is 2.06. The van der Waals surface area contributed by atoms with Crippen LogP contribution >= 0.6 is 24.0 Å². The second-order valence-electron chi connectivity index (χ2n) is 4.19. The number of thiocarbonyl (C=S) groups is 1. The number of thioether (sulfide) groups is 1. The number of nitrogens with one attached hydrogen (secondary N) is 1. The third-order valence-corrected chi connectivity index (χ3v) is 3.53. The molecular formula is C13H21N3S2. The predicted molar refractivity (Wildman–Crippen MR) is 85.6 cm³/mol. The van der Waals surface area contributed by atoms with E-state index in [9.17, 15) is 0 Å². The molecule has 0 unspecified atom stereocenters. The molecule has 0 fully saturated rings. The Hall–Kier alpha value is -0.810. The van der Waals surface area contributed by atoms with Gasteiger partial charge in [-0.25, -0.2) is 4.98 Å². The van der Waals surface area contributed by atoms with Crippen LogP contribution in [0.4, 0.5) is 5.82 Å². The van der Waals surface area contributed by atoms with Crippen LogP contribution in [-0.2, 0) is 0 Å². The molecule has 0 aliphatic heterocycles. The van der Waals surface area contributed by atoms with Crippen molar-refractivity contribution in [2.75, 3.05) is 23.9 Å². The summed E-state index contributed by atoms with van der Waals surface area (Å²) in [7, 11) is 0. The molecule has 1 aromatic heterocycles. The highest BCUT2D eigenvalue weighted by Crippen LogP contribution is 2.13. The Morgan fingerprint density at radius 1 is 1.39 bits per heavy atom. The van der Waals surface area contributed by atoms with Gasteiger partial charge in [-0.15, -0.1) is 0 Å². The van der Waals surface area contributed by atoms with Gasteiger partial charge < -0.3 is 11.1 Å². The summed E-state index contributed by atoms with van der Waals surface area (Å²) < 4.78 is 0. The van der Waals surface area contributed by atoms with Crippen LogP contribution in [0.1, 0.15) is 30.5 Å². The van der Waals surface area contributed by atoms with Crippen molar-refractivity contribution in [3.63, 3.8) is 0 Å². The molecule has 0 aliphatic rings. The lowest BCUT2D eigenvalue weighted by atomic mass is 10.2. The first-order chi connectivity index (χ1) is 8.65. The fourth-order valence-corrected chi connectivity index (χ4v) is 2.30. The lowest BCUT2D eigenvalue weighted by molar-refractivity contribution is 0.748. The van der Waals surface area contributed by atoms with Crippen LogP contribution in [0.5, 0.6) is 0 Å². The normalized spacial score (nSPS) is 10.3. The van der Waals surface area contributed by atoms with Gasteiger partial charge in [0.1, 0.15) is 10.8 Å². The minimum absolute atomic E-state index is 0.396. The summed E-state index contributed by atoms with van der Waals surface area (Å²) in [5.74, 6) is 2.05. The molecule has 1 heterocycles. The Bertz CT molecular complexity index is 394. The molecular weight excluding hydrogens is 262 g/mol. The van der Waals surface area contributed by atoms with Crippen molar-refractivity contribution in [2.24, 2.45) is 5.73 Å². The first-order valence-electron chi connectivity index (χ1n) is 6.15. The van der Waals surface area contributed by atoms with Crippen LogP contribution in [0, 0.1) is 6.92 Å². The van der Waals surface area contributed by atoms with E-state index in [4.69, 9.17) is 18.0 Å². The molecule has 0 aromatic carbocycles. The van der Waals surface area contributed by atoms with Gasteiger partial charge in [-0.05, 0) is 43.9 Å². The Kier molecular flexibility index (Phi) is 7.05. The molecule has 0 spiro atoms. The number of hydrogen-bond donors (Lipinski definition) is 2. The number of hydrogen-bond acceptors (Lipinski definition) is 4. The quantitative estimate of drug-likeness (QED) is 0.567. The highest BCUT2D eigenvalue weighted by atomic mass is 32.2. The Morgan fingerprint density at radius 2 is 2.17 bits per heavy atom. The fraction of sp³-hybridized carbons (Fsp3) is 0.538. The van der Waals surface area contributed by atoms with Crippen molar-refractivity contribution in [1.82, 2.24) is 4.98 Å². The number of rotatable bonds is 8. The molecule has 0 radical (unpaired) electrons. The van der Waals surface area contributed by atoms with Crippen molar-refractivity contribution >= 4 is 34.8 Å². The topological polar surface area (TPSA) is 50.9 Å². The summed E-state index contributed by atoms with van der Waals surface area (Å²) in [6.07, 6.45) is 5.80. The molecule has 0 saturated carbocycles. The molecule has 18 heavy (non-hydrogen) atoms. The minimum atomic E-state index is 0.396. The van der Waals surface area contributed by atoms with E-state index in [1.807, 2.05) is 30.8 Å². The van der Waals surface area contributed by atoms with Gasteiger partial charge >= 0.3 is 0 Å². The maximum Gasteiger partial charge on any atom is 0.136 e. The largest absolute Gasteiger partial charge is 0.389 e. The first-order valence-corrected chi connectivity index (χ1v) is 7.95. The molecule has 3 N–H and O–H groups in total. The van der Waals surface area contributed by atoms with Crippen LogP contribution in [-0.4, -0.2) is 28.5 Å². The van der Waals surface area contributed by atoms with E-state index >= 15 is 0 Å². The van der Waals surface area contributed by atoms with Crippen molar-refractivity contribution < 1.29 is 0 Å². The molecule has 1 rings (SSSR count). The monoisotopic (exact) mass is 283 g/mol. The second-order valence-corrected chi connectivity index (χ2v) is 5.62. The van der Waals surface area contributed by atoms with Crippen LogP contribution in [0.2, 0.25) is 0 Å². The Balaban J connectivity index is 2.45. The van der Waals surface area contributed by atoms with Gasteiger partial charge in [-0.2, -0.15) is 11.8 Å². The SMILES string of the molecule is CSCCCCCNc1nc(C)ccc1C(N)=S. The van der Waals surface area contributed by atoms with Gasteiger partial charge in [0.25, 0.3) is 0 Å². The first kappa shape index (κ1) is 15.2. The zero-order valence-electron chi connectivity index (χ0n) is 11.0. The average Bonchev–Trinajstić information content (AvgIpc) is 2.33. The van der Waals surface area contributed by atoms with E-state index in [1.165, 1.54) is 18.6 Å². The molecule has 3 nitrogen and oxygen atoms in total.